The molecule has 0 unspecified atom stereocenters. The number of aromatic nitrogens is 3. The van der Waals surface area contributed by atoms with Crippen LogP contribution in [0.4, 0.5) is 14.5 Å². The van der Waals surface area contributed by atoms with Gasteiger partial charge in [-0.05, 0) is 61.9 Å². The summed E-state index contributed by atoms with van der Waals surface area (Å²) in [5.41, 5.74) is 1.22. The van der Waals surface area contributed by atoms with Crippen LogP contribution in [0.1, 0.15) is 11.3 Å². The van der Waals surface area contributed by atoms with E-state index in [4.69, 9.17) is 9.26 Å². The summed E-state index contributed by atoms with van der Waals surface area (Å²) in [5.74, 6) is -1.38. The molecule has 2 heterocycles. The van der Waals surface area contributed by atoms with Gasteiger partial charge in [-0.25, -0.2) is 8.78 Å². The number of rotatable bonds is 6. The minimum Gasteiger partial charge on any atom is -0.497 e. The number of nitrogens with one attached hydrogen (secondary N) is 1. The molecule has 0 aliphatic heterocycles. The van der Waals surface area contributed by atoms with Crippen LogP contribution in [0.3, 0.4) is 0 Å². The number of ether oxygens (including phenoxy) is 1. The van der Waals surface area contributed by atoms with E-state index in [0.717, 1.165) is 12.1 Å². The van der Waals surface area contributed by atoms with E-state index in [1.165, 1.54) is 4.57 Å². The van der Waals surface area contributed by atoms with Crippen LogP contribution in [-0.2, 0) is 11.3 Å². The number of amides is 1. The van der Waals surface area contributed by atoms with Crippen molar-refractivity contribution < 1.29 is 22.8 Å². The summed E-state index contributed by atoms with van der Waals surface area (Å²) in [6.07, 6.45) is 0. The maximum absolute atomic E-state index is 13.9. The van der Waals surface area contributed by atoms with Gasteiger partial charge in [-0.2, -0.15) is 4.98 Å². The van der Waals surface area contributed by atoms with Gasteiger partial charge < -0.3 is 19.1 Å². The highest BCUT2D eigenvalue weighted by atomic mass is 19.1. The topological polar surface area (TPSA) is 99.3 Å². The minimum atomic E-state index is -0.918. The Morgan fingerprint density at radius 2 is 1.85 bits per heavy atom. The Hall–Kier alpha value is -4.34. The van der Waals surface area contributed by atoms with Gasteiger partial charge in [0.05, 0.1) is 12.8 Å². The number of hydrogen-bond donors (Lipinski definition) is 1. The van der Waals surface area contributed by atoms with E-state index in [1.54, 1.807) is 51.3 Å². The molecule has 4 aromatic rings. The molecule has 0 saturated carbocycles. The highest BCUT2D eigenvalue weighted by Crippen LogP contribution is 2.24. The number of methoxy groups -OCH3 is 1. The molecule has 0 fully saturated rings. The molecule has 8 nitrogen and oxygen atoms in total. The predicted octanol–water partition coefficient (Wildman–Crippen LogP) is 4.11. The highest BCUT2D eigenvalue weighted by Gasteiger charge is 2.20. The summed E-state index contributed by atoms with van der Waals surface area (Å²) < 4.78 is 38.7. The van der Waals surface area contributed by atoms with Crippen molar-refractivity contribution in [3.63, 3.8) is 0 Å². The first-order valence-electron chi connectivity index (χ1n) is 10.2. The monoisotopic (exact) mass is 466 g/mol. The lowest BCUT2D eigenvalue weighted by atomic mass is 10.1. The second-order valence-electron chi connectivity index (χ2n) is 7.56. The highest BCUT2D eigenvalue weighted by molar-refractivity contribution is 5.90. The lowest BCUT2D eigenvalue weighted by Gasteiger charge is -2.13. The molecule has 0 radical (unpaired) electrons. The number of pyridine rings is 1. The normalized spacial score (nSPS) is 10.9. The van der Waals surface area contributed by atoms with Crippen molar-refractivity contribution >= 4 is 11.6 Å². The van der Waals surface area contributed by atoms with Crippen LogP contribution in [0.25, 0.3) is 22.8 Å². The van der Waals surface area contributed by atoms with Crippen molar-refractivity contribution in [3.8, 4) is 28.6 Å². The molecule has 10 heteroatoms. The van der Waals surface area contributed by atoms with Crippen LogP contribution in [0.15, 0.2) is 57.8 Å². The predicted molar refractivity (Wildman–Crippen MR) is 120 cm³/mol. The lowest BCUT2D eigenvalue weighted by Crippen LogP contribution is -2.31. The fraction of sp³-hybridized carbons (Fsp3) is 0.167. The molecule has 0 bridgehead atoms. The third kappa shape index (κ3) is 4.56. The quantitative estimate of drug-likeness (QED) is 0.459. The van der Waals surface area contributed by atoms with Crippen LogP contribution in [0, 0.1) is 25.5 Å². The second kappa shape index (κ2) is 9.26. The van der Waals surface area contributed by atoms with Gasteiger partial charge in [-0.3, -0.25) is 9.59 Å². The molecule has 0 saturated heterocycles. The van der Waals surface area contributed by atoms with Crippen LogP contribution in [0.2, 0.25) is 0 Å². The molecule has 0 spiro atoms. The number of aryl methyl sites for hydroxylation is 2. The average molecular weight is 466 g/mol. The van der Waals surface area contributed by atoms with Gasteiger partial charge in [0, 0.05) is 17.3 Å². The standard InChI is InChI=1S/C24H20F2N4O4/c1-13-10-14(2)30(12-20(31)27-19-9-6-16(25)11-18(19)26)24(32)21(13)23-28-22(29-34-23)15-4-7-17(33-3)8-5-15/h4-11H,12H2,1-3H3,(H,27,31). The number of carbonyl (C=O) groups is 1. The second-order valence-corrected chi connectivity index (χ2v) is 7.56. The van der Waals surface area contributed by atoms with E-state index in [2.05, 4.69) is 15.5 Å². The summed E-state index contributed by atoms with van der Waals surface area (Å²) in [7, 11) is 1.56. The third-order valence-electron chi connectivity index (χ3n) is 5.20. The van der Waals surface area contributed by atoms with E-state index < -0.39 is 29.6 Å². The molecule has 2 aromatic carbocycles. The van der Waals surface area contributed by atoms with Crippen LogP contribution < -0.4 is 15.6 Å². The van der Waals surface area contributed by atoms with Crippen molar-refractivity contribution in [2.75, 3.05) is 12.4 Å². The number of halogens is 2. The van der Waals surface area contributed by atoms with Crippen molar-refractivity contribution in [1.29, 1.82) is 0 Å². The van der Waals surface area contributed by atoms with Gasteiger partial charge in [0.1, 0.15) is 29.5 Å². The summed E-state index contributed by atoms with van der Waals surface area (Å²) in [6.45, 7) is 2.99. The summed E-state index contributed by atoms with van der Waals surface area (Å²) in [5, 5.41) is 6.31. The van der Waals surface area contributed by atoms with Crippen LogP contribution in [0.5, 0.6) is 5.75 Å². The molecule has 2 aromatic heterocycles. The van der Waals surface area contributed by atoms with Crippen molar-refractivity contribution in [2.24, 2.45) is 0 Å². The number of anilines is 1. The molecule has 0 atom stereocenters. The Morgan fingerprint density at radius 3 is 2.53 bits per heavy atom. The molecule has 1 N–H and O–H groups in total. The molecule has 34 heavy (non-hydrogen) atoms. The maximum atomic E-state index is 13.9. The maximum Gasteiger partial charge on any atom is 0.264 e. The van der Waals surface area contributed by atoms with Gasteiger partial charge in [-0.1, -0.05) is 5.16 Å². The van der Waals surface area contributed by atoms with Crippen LogP contribution >= 0.6 is 0 Å². The van der Waals surface area contributed by atoms with E-state index >= 15 is 0 Å². The zero-order valence-corrected chi connectivity index (χ0v) is 18.6. The molecule has 0 aliphatic rings. The van der Waals surface area contributed by atoms with Gasteiger partial charge in [0.15, 0.2) is 0 Å². The lowest BCUT2D eigenvalue weighted by molar-refractivity contribution is -0.116. The zero-order valence-electron chi connectivity index (χ0n) is 18.6. The molecule has 174 valence electrons. The molecular weight excluding hydrogens is 446 g/mol. The van der Waals surface area contributed by atoms with E-state index in [-0.39, 0.29) is 23.0 Å². The Bertz CT molecular complexity index is 1430. The average Bonchev–Trinajstić information content (AvgIpc) is 3.28. The fourth-order valence-electron chi connectivity index (χ4n) is 3.49. The van der Waals surface area contributed by atoms with E-state index in [0.29, 0.717) is 28.6 Å². The summed E-state index contributed by atoms with van der Waals surface area (Å²) >= 11 is 0. The van der Waals surface area contributed by atoms with Crippen molar-refractivity contribution in [2.45, 2.75) is 20.4 Å². The molecular formula is C24H20F2N4O4. The van der Waals surface area contributed by atoms with E-state index in [1.807, 2.05) is 0 Å². The Labute approximate surface area is 192 Å². The first-order valence-corrected chi connectivity index (χ1v) is 10.2. The first kappa shape index (κ1) is 22.8. The number of hydrogen-bond acceptors (Lipinski definition) is 6. The molecule has 1 amide bonds. The summed E-state index contributed by atoms with van der Waals surface area (Å²) in [6, 6.07) is 11.5. The number of nitrogens with zero attached hydrogens (tertiary/aromatic N) is 3. The van der Waals surface area contributed by atoms with Gasteiger partial charge in [-0.15, -0.1) is 0 Å². The minimum absolute atomic E-state index is 0.00653. The number of benzene rings is 2. The summed E-state index contributed by atoms with van der Waals surface area (Å²) in [4.78, 5) is 30.1. The Morgan fingerprint density at radius 1 is 1.12 bits per heavy atom. The van der Waals surface area contributed by atoms with Crippen LogP contribution in [-0.4, -0.2) is 27.7 Å². The Kier molecular flexibility index (Phi) is 6.22. The first-order chi connectivity index (χ1) is 16.3. The number of carbonyl (C=O) groups excluding carboxylic acids is 1. The van der Waals surface area contributed by atoms with Crippen molar-refractivity contribution in [1.82, 2.24) is 14.7 Å². The Balaban J connectivity index is 1.63. The van der Waals surface area contributed by atoms with Gasteiger partial charge in [0.2, 0.25) is 11.7 Å². The zero-order chi connectivity index (χ0) is 24.4. The van der Waals surface area contributed by atoms with Gasteiger partial charge in [0.25, 0.3) is 11.4 Å². The SMILES string of the molecule is COc1ccc(-c2noc(-c3c(C)cc(C)n(CC(=O)Nc4ccc(F)cc4F)c3=O)n2)cc1. The smallest absolute Gasteiger partial charge is 0.264 e. The fourth-order valence-corrected chi connectivity index (χ4v) is 3.49. The van der Waals surface area contributed by atoms with Gasteiger partial charge >= 0.3 is 0 Å². The van der Waals surface area contributed by atoms with E-state index in [9.17, 15) is 18.4 Å². The van der Waals surface area contributed by atoms with Crippen molar-refractivity contribution in [3.05, 3.63) is 81.8 Å². The molecule has 0 aliphatic carbocycles. The third-order valence-corrected chi connectivity index (χ3v) is 5.20. The largest absolute Gasteiger partial charge is 0.497 e. The molecule has 4 rings (SSSR count).